The van der Waals surface area contributed by atoms with Crippen LogP contribution >= 0.6 is 0 Å². The Morgan fingerprint density at radius 2 is 1.71 bits per heavy atom. The number of nitrogens with zero attached hydrogens (tertiary/aromatic N) is 1. The van der Waals surface area contributed by atoms with Crippen molar-refractivity contribution in [3.05, 3.63) is 35.9 Å². The molecule has 0 bridgehead atoms. The maximum Gasteiger partial charge on any atom is 0.326 e. The summed E-state index contributed by atoms with van der Waals surface area (Å²) in [6, 6.07) is 5.92. The molecule has 0 aromatic heterocycles. The fourth-order valence-corrected chi connectivity index (χ4v) is 3.19. The Morgan fingerprint density at radius 1 is 1.06 bits per heavy atom. The third-order valence-corrected chi connectivity index (χ3v) is 5.44. The Hall–Kier alpha value is -3.67. The molecule has 0 radical (unpaired) electrons. The second kappa shape index (κ2) is 15.3. The van der Waals surface area contributed by atoms with Gasteiger partial charge in [-0.2, -0.15) is 0 Å². The number of nitrogens with one attached hydrogen (secondary N) is 3. The number of amides is 3. The van der Waals surface area contributed by atoms with Crippen molar-refractivity contribution in [3.63, 3.8) is 0 Å². The lowest BCUT2D eigenvalue weighted by atomic mass is 9.97. The number of nitrogens with two attached hydrogens (primary N) is 3. The SMILES string of the molecule is CCC(C)C(NC(=O)CNC(=O)C(N)CCCN=C(N)N)C(=O)NC(Cc1ccccc1)C(=O)O. The molecular weight excluding hydrogens is 454 g/mol. The van der Waals surface area contributed by atoms with Crippen molar-refractivity contribution >= 4 is 29.7 Å². The maximum atomic E-state index is 12.9. The topological polar surface area (TPSA) is 215 Å². The smallest absolute Gasteiger partial charge is 0.326 e. The number of aliphatic carboxylic acids is 1. The lowest BCUT2D eigenvalue weighted by Crippen LogP contribution is -2.56. The Labute approximate surface area is 205 Å². The molecule has 4 atom stereocenters. The molecule has 1 aromatic rings. The number of hydrogen-bond donors (Lipinski definition) is 7. The first-order chi connectivity index (χ1) is 16.5. The highest BCUT2D eigenvalue weighted by molar-refractivity contribution is 5.92. The highest BCUT2D eigenvalue weighted by Gasteiger charge is 2.30. The molecule has 12 nitrogen and oxygen atoms in total. The van der Waals surface area contributed by atoms with Crippen molar-refractivity contribution in [1.29, 1.82) is 0 Å². The first-order valence-corrected chi connectivity index (χ1v) is 11.5. The van der Waals surface area contributed by atoms with Crippen LogP contribution in [0.5, 0.6) is 0 Å². The van der Waals surface area contributed by atoms with Crippen molar-refractivity contribution in [3.8, 4) is 0 Å². The minimum Gasteiger partial charge on any atom is -0.480 e. The molecule has 0 spiro atoms. The summed E-state index contributed by atoms with van der Waals surface area (Å²) in [4.78, 5) is 53.0. The van der Waals surface area contributed by atoms with Crippen LogP contribution in [0.1, 0.15) is 38.7 Å². The summed E-state index contributed by atoms with van der Waals surface area (Å²) >= 11 is 0. The molecule has 12 heteroatoms. The molecule has 1 aromatic carbocycles. The number of carbonyl (C=O) groups excluding carboxylic acids is 3. The van der Waals surface area contributed by atoms with Crippen LogP contribution in [0.25, 0.3) is 0 Å². The van der Waals surface area contributed by atoms with Gasteiger partial charge in [-0.1, -0.05) is 50.6 Å². The minimum atomic E-state index is -1.18. The predicted octanol–water partition coefficient (Wildman–Crippen LogP) is -1.17. The molecule has 0 fully saturated rings. The van der Waals surface area contributed by atoms with E-state index in [0.717, 1.165) is 5.56 Å². The Kier molecular flexibility index (Phi) is 12.8. The number of hydrogen-bond acceptors (Lipinski definition) is 6. The van der Waals surface area contributed by atoms with Crippen LogP contribution in [-0.4, -0.2) is 66.0 Å². The molecule has 0 saturated carbocycles. The average Bonchev–Trinajstić information content (AvgIpc) is 2.82. The molecule has 4 unspecified atom stereocenters. The summed E-state index contributed by atoms with van der Waals surface area (Å²) in [6.45, 7) is 3.56. The lowest BCUT2D eigenvalue weighted by Gasteiger charge is -2.25. The zero-order valence-corrected chi connectivity index (χ0v) is 20.2. The Balaban J connectivity index is 2.66. The standard InChI is InChI=1S/C23H37N7O5/c1-3-14(2)19(21(33)29-17(22(34)35)12-15-8-5-4-6-9-15)30-18(31)13-28-20(32)16(24)10-7-11-27-23(25)26/h4-6,8-9,14,16-17,19H,3,7,10-13,24H2,1-2H3,(H,28,32)(H,29,33)(H,30,31)(H,34,35)(H4,25,26,27). The van der Waals surface area contributed by atoms with Gasteiger partial charge in [0.05, 0.1) is 12.6 Å². The normalized spacial score (nSPS) is 14.0. The van der Waals surface area contributed by atoms with Crippen LogP contribution in [0.3, 0.4) is 0 Å². The molecule has 35 heavy (non-hydrogen) atoms. The van der Waals surface area contributed by atoms with Crippen LogP contribution < -0.4 is 33.2 Å². The van der Waals surface area contributed by atoms with Gasteiger partial charge in [0, 0.05) is 13.0 Å². The van der Waals surface area contributed by atoms with Crippen molar-refractivity contribution in [2.24, 2.45) is 28.1 Å². The largest absolute Gasteiger partial charge is 0.480 e. The van der Waals surface area contributed by atoms with E-state index < -0.39 is 41.8 Å². The third-order valence-electron chi connectivity index (χ3n) is 5.44. The van der Waals surface area contributed by atoms with Crippen molar-refractivity contribution in [1.82, 2.24) is 16.0 Å². The van der Waals surface area contributed by atoms with Crippen LogP contribution in [0.4, 0.5) is 0 Å². The first kappa shape index (κ1) is 29.4. The van der Waals surface area contributed by atoms with Crippen molar-refractivity contribution in [2.75, 3.05) is 13.1 Å². The van der Waals surface area contributed by atoms with Crippen LogP contribution in [0.15, 0.2) is 35.3 Å². The summed E-state index contributed by atoms with van der Waals surface area (Å²) in [5.74, 6) is -3.24. The summed E-state index contributed by atoms with van der Waals surface area (Å²) in [5, 5.41) is 17.1. The number of carboxylic acid groups (broad SMARTS) is 1. The number of carboxylic acids is 1. The molecule has 0 aliphatic rings. The predicted molar refractivity (Wildman–Crippen MR) is 132 cm³/mol. The second-order valence-electron chi connectivity index (χ2n) is 8.29. The molecule has 0 heterocycles. The van der Waals surface area contributed by atoms with E-state index in [2.05, 4.69) is 20.9 Å². The number of guanidine groups is 1. The molecule has 0 aliphatic carbocycles. The van der Waals surface area contributed by atoms with E-state index in [1.54, 1.807) is 31.2 Å². The van der Waals surface area contributed by atoms with Gasteiger partial charge in [-0.25, -0.2) is 4.79 Å². The van der Waals surface area contributed by atoms with E-state index >= 15 is 0 Å². The first-order valence-electron chi connectivity index (χ1n) is 11.5. The number of carbonyl (C=O) groups is 4. The minimum absolute atomic E-state index is 0.0469. The van der Waals surface area contributed by atoms with Gasteiger partial charge in [-0.15, -0.1) is 0 Å². The van der Waals surface area contributed by atoms with E-state index in [1.165, 1.54) is 0 Å². The number of benzene rings is 1. The van der Waals surface area contributed by atoms with Crippen LogP contribution in [0, 0.1) is 5.92 Å². The zero-order valence-electron chi connectivity index (χ0n) is 20.2. The van der Waals surface area contributed by atoms with Gasteiger partial charge in [0.2, 0.25) is 17.7 Å². The molecular formula is C23H37N7O5. The van der Waals surface area contributed by atoms with Gasteiger partial charge in [-0.3, -0.25) is 19.4 Å². The highest BCUT2D eigenvalue weighted by Crippen LogP contribution is 2.10. The summed E-state index contributed by atoms with van der Waals surface area (Å²) in [6.07, 6.45) is 1.46. The average molecular weight is 492 g/mol. The van der Waals surface area contributed by atoms with Crippen LogP contribution in [0.2, 0.25) is 0 Å². The van der Waals surface area contributed by atoms with Gasteiger partial charge in [0.15, 0.2) is 5.96 Å². The van der Waals surface area contributed by atoms with Gasteiger partial charge in [0.25, 0.3) is 0 Å². The number of aliphatic imine (C=N–C) groups is 1. The van der Waals surface area contributed by atoms with Crippen molar-refractivity contribution < 1.29 is 24.3 Å². The van der Waals surface area contributed by atoms with E-state index in [9.17, 15) is 24.3 Å². The Bertz CT molecular complexity index is 874. The third kappa shape index (κ3) is 11.3. The zero-order chi connectivity index (χ0) is 26.4. The maximum absolute atomic E-state index is 12.9. The fraction of sp³-hybridized carbons (Fsp3) is 0.522. The summed E-state index contributed by atoms with van der Waals surface area (Å²) in [7, 11) is 0. The fourth-order valence-electron chi connectivity index (χ4n) is 3.19. The van der Waals surface area contributed by atoms with E-state index in [-0.39, 0.29) is 24.8 Å². The highest BCUT2D eigenvalue weighted by atomic mass is 16.4. The van der Waals surface area contributed by atoms with Crippen molar-refractivity contribution in [2.45, 2.75) is 57.7 Å². The summed E-state index contributed by atoms with van der Waals surface area (Å²) < 4.78 is 0. The Morgan fingerprint density at radius 3 is 2.29 bits per heavy atom. The number of rotatable bonds is 15. The molecule has 0 saturated heterocycles. The van der Waals surface area contributed by atoms with E-state index in [4.69, 9.17) is 17.2 Å². The van der Waals surface area contributed by atoms with E-state index in [0.29, 0.717) is 25.8 Å². The monoisotopic (exact) mass is 491 g/mol. The van der Waals surface area contributed by atoms with Gasteiger partial charge < -0.3 is 38.3 Å². The van der Waals surface area contributed by atoms with Gasteiger partial charge in [0.1, 0.15) is 12.1 Å². The summed E-state index contributed by atoms with van der Waals surface area (Å²) in [5.41, 5.74) is 17.0. The molecule has 3 amide bonds. The molecule has 1 rings (SSSR count). The van der Waals surface area contributed by atoms with Crippen LogP contribution in [-0.2, 0) is 25.6 Å². The van der Waals surface area contributed by atoms with Gasteiger partial charge in [-0.05, 0) is 24.3 Å². The van der Waals surface area contributed by atoms with Gasteiger partial charge >= 0.3 is 5.97 Å². The van der Waals surface area contributed by atoms with E-state index in [1.807, 2.05) is 13.0 Å². The molecule has 10 N–H and O–H groups in total. The molecule has 194 valence electrons. The quantitative estimate of drug-likeness (QED) is 0.0898. The lowest BCUT2D eigenvalue weighted by molar-refractivity contribution is -0.142. The second-order valence-corrected chi connectivity index (χ2v) is 8.29. The molecule has 0 aliphatic heterocycles.